The smallest absolute Gasteiger partial charge is 0.166 e. The van der Waals surface area contributed by atoms with Gasteiger partial charge in [0.1, 0.15) is 6.29 Å². The SMILES string of the molecule is CNC(=S)NCC=O. The van der Waals surface area contributed by atoms with Gasteiger partial charge in [0.05, 0.1) is 6.54 Å². The second-order valence-corrected chi connectivity index (χ2v) is 1.53. The molecule has 0 spiro atoms. The Kier molecular flexibility index (Phi) is 4.16. The molecule has 0 fully saturated rings. The standard InChI is InChI=1S/C4H8N2OS/c1-5-4(8)6-2-3-7/h3H,2H2,1H3,(H2,5,6,8). The molecular formula is C4H8N2OS. The van der Waals surface area contributed by atoms with Gasteiger partial charge >= 0.3 is 0 Å². The normalized spacial score (nSPS) is 7.62. The number of hydrogen-bond acceptors (Lipinski definition) is 2. The molecule has 0 aromatic carbocycles. The lowest BCUT2D eigenvalue weighted by Crippen LogP contribution is -2.33. The highest BCUT2D eigenvalue weighted by molar-refractivity contribution is 7.80. The van der Waals surface area contributed by atoms with Crippen molar-refractivity contribution in [2.45, 2.75) is 0 Å². The molecule has 46 valence electrons. The number of carbonyl (C=O) groups is 1. The Labute approximate surface area is 53.5 Å². The van der Waals surface area contributed by atoms with E-state index < -0.39 is 0 Å². The average molecular weight is 132 g/mol. The molecule has 0 bridgehead atoms. The maximum absolute atomic E-state index is 9.68. The third-order valence-corrected chi connectivity index (χ3v) is 0.921. The fraction of sp³-hybridized carbons (Fsp3) is 0.500. The van der Waals surface area contributed by atoms with Crippen molar-refractivity contribution >= 4 is 23.6 Å². The first-order valence-corrected chi connectivity index (χ1v) is 2.61. The highest BCUT2D eigenvalue weighted by Gasteiger charge is 1.84. The van der Waals surface area contributed by atoms with Gasteiger partial charge in [0.25, 0.3) is 0 Å². The summed E-state index contributed by atoms with van der Waals surface area (Å²) in [5.41, 5.74) is 0. The lowest BCUT2D eigenvalue weighted by Gasteiger charge is -1.99. The van der Waals surface area contributed by atoms with Gasteiger partial charge in [-0.2, -0.15) is 0 Å². The maximum atomic E-state index is 9.68. The van der Waals surface area contributed by atoms with Crippen molar-refractivity contribution in [3.05, 3.63) is 0 Å². The van der Waals surface area contributed by atoms with Crippen LogP contribution in [0.3, 0.4) is 0 Å². The highest BCUT2D eigenvalue weighted by atomic mass is 32.1. The third-order valence-electron chi connectivity index (χ3n) is 0.573. The molecule has 0 atom stereocenters. The van der Waals surface area contributed by atoms with Gasteiger partial charge in [-0.05, 0) is 12.2 Å². The summed E-state index contributed by atoms with van der Waals surface area (Å²) in [6.45, 7) is 0.277. The number of aldehydes is 1. The first kappa shape index (κ1) is 7.36. The molecule has 0 saturated carbocycles. The minimum absolute atomic E-state index is 0.277. The number of rotatable bonds is 2. The van der Waals surface area contributed by atoms with E-state index in [0.29, 0.717) is 5.11 Å². The Morgan fingerprint density at radius 3 is 2.88 bits per heavy atom. The number of hydrogen-bond donors (Lipinski definition) is 2. The van der Waals surface area contributed by atoms with Crippen LogP contribution in [-0.4, -0.2) is 25.0 Å². The summed E-state index contributed by atoms with van der Waals surface area (Å²) in [5, 5.41) is 5.79. The molecule has 0 aliphatic carbocycles. The van der Waals surface area contributed by atoms with Crippen molar-refractivity contribution in [1.29, 1.82) is 0 Å². The van der Waals surface area contributed by atoms with E-state index in [2.05, 4.69) is 22.9 Å². The molecule has 2 N–H and O–H groups in total. The van der Waals surface area contributed by atoms with Crippen LogP contribution in [0.1, 0.15) is 0 Å². The summed E-state index contributed by atoms with van der Waals surface area (Å²) >= 11 is 4.64. The molecule has 4 heteroatoms. The van der Waals surface area contributed by atoms with Gasteiger partial charge in [0.2, 0.25) is 0 Å². The van der Waals surface area contributed by atoms with E-state index in [9.17, 15) is 4.79 Å². The van der Waals surface area contributed by atoms with Crippen molar-refractivity contribution < 1.29 is 4.79 Å². The largest absolute Gasteiger partial charge is 0.366 e. The predicted octanol–water partition coefficient (Wildman–Crippen LogP) is -0.721. The van der Waals surface area contributed by atoms with Gasteiger partial charge in [-0.25, -0.2) is 0 Å². The number of thiocarbonyl (C=S) groups is 1. The Morgan fingerprint density at radius 2 is 2.50 bits per heavy atom. The highest BCUT2D eigenvalue weighted by Crippen LogP contribution is 1.57. The summed E-state index contributed by atoms with van der Waals surface area (Å²) in [4.78, 5) is 9.68. The van der Waals surface area contributed by atoms with E-state index in [4.69, 9.17) is 0 Å². The van der Waals surface area contributed by atoms with Crippen LogP contribution in [0.5, 0.6) is 0 Å². The molecule has 3 nitrogen and oxygen atoms in total. The van der Waals surface area contributed by atoms with E-state index in [0.717, 1.165) is 6.29 Å². The molecule has 0 unspecified atom stereocenters. The van der Waals surface area contributed by atoms with E-state index in [-0.39, 0.29) is 6.54 Å². The van der Waals surface area contributed by atoms with Gasteiger partial charge in [-0.3, -0.25) is 0 Å². The lowest BCUT2D eigenvalue weighted by atomic mass is 10.7. The number of carbonyl (C=O) groups excluding carboxylic acids is 1. The summed E-state index contributed by atoms with van der Waals surface area (Å²) in [5.74, 6) is 0. The van der Waals surface area contributed by atoms with Gasteiger partial charge < -0.3 is 15.4 Å². The fourth-order valence-electron chi connectivity index (χ4n) is 0.223. The van der Waals surface area contributed by atoms with Crippen LogP contribution in [-0.2, 0) is 4.79 Å². The second-order valence-electron chi connectivity index (χ2n) is 1.13. The van der Waals surface area contributed by atoms with Crippen LogP contribution < -0.4 is 10.6 Å². The molecule has 0 amide bonds. The Morgan fingerprint density at radius 1 is 1.88 bits per heavy atom. The average Bonchev–Trinajstić information content (AvgIpc) is 1.83. The monoisotopic (exact) mass is 132 g/mol. The van der Waals surface area contributed by atoms with Crippen LogP contribution in [0.25, 0.3) is 0 Å². The summed E-state index contributed by atoms with van der Waals surface area (Å²) in [7, 11) is 1.69. The first-order valence-electron chi connectivity index (χ1n) is 2.20. The van der Waals surface area contributed by atoms with E-state index in [1.54, 1.807) is 7.05 Å². The van der Waals surface area contributed by atoms with Crippen molar-refractivity contribution in [2.24, 2.45) is 0 Å². The lowest BCUT2D eigenvalue weighted by molar-refractivity contribution is -0.106. The van der Waals surface area contributed by atoms with E-state index in [1.807, 2.05) is 0 Å². The van der Waals surface area contributed by atoms with E-state index >= 15 is 0 Å². The van der Waals surface area contributed by atoms with Crippen LogP contribution in [0.4, 0.5) is 0 Å². The van der Waals surface area contributed by atoms with E-state index in [1.165, 1.54) is 0 Å². The van der Waals surface area contributed by atoms with Crippen molar-refractivity contribution in [3.63, 3.8) is 0 Å². The minimum Gasteiger partial charge on any atom is -0.366 e. The number of nitrogens with one attached hydrogen (secondary N) is 2. The molecule has 0 aromatic rings. The van der Waals surface area contributed by atoms with Gasteiger partial charge in [0, 0.05) is 7.05 Å². The molecule has 0 saturated heterocycles. The molecule has 0 aliphatic heterocycles. The Hall–Kier alpha value is -0.640. The Balaban J connectivity index is 3.11. The zero-order valence-corrected chi connectivity index (χ0v) is 5.42. The molecule has 0 rings (SSSR count). The van der Waals surface area contributed by atoms with Crippen LogP contribution in [0.2, 0.25) is 0 Å². The summed E-state index contributed by atoms with van der Waals surface area (Å²) in [6, 6.07) is 0. The second kappa shape index (κ2) is 4.52. The van der Waals surface area contributed by atoms with Crippen LogP contribution >= 0.6 is 12.2 Å². The van der Waals surface area contributed by atoms with Gasteiger partial charge in [-0.15, -0.1) is 0 Å². The summed E-state index contributed by atoms with van der Waals surface area (Å²) in [6.07, 6.45) is 0.754. The molecule has 0 radical (unpaired) electrons. The minimum atomic E-state index is 0.277. The van der Waals surface area contributed by atoms with Gasteiger partial charge in [-0.1, -0.05) is 0 Å². The van der Waals surface area contributed by atoms with Crippen LogP contribution in [0, 0.1) is 0 Å². The zero-order valence-electron chi connectivity index (χ0n) is 4.60. The fourth-order valence-corrected chi connectivity index (χ4v) is 0.306. The van der Waals surface area contributed by atoms with Crippen molar-refractivity contribution in [2.75, 3.05) is 13.6 Å². The first-order chi connectivity index (χ1) is 3.81. The van der Waals surface area contributed by atoms with Crippen molar-refractivity contribution in [1.82, 2.24) is 10.6 Å². The third kappa shape index (κ3) is 3.55. The predicted molar refractivity (Wildman–Crippen MR) is 35.7 cm³/mol. The van der Waals surface area contributed by atoms with Gasteiger partial charge in [0.15, 0.2) is 5.11 Å². The maximum Gasteiger partial charge on any atom is 0.166 e. The topological polar surface area (TPSA) is 41.1 Å². The zero-order chi connectivity index (χ0) is 6.41. The molecule has 0 heterocycles. The molecule has 0 aliphatic rings. The quantitative estimate of drug-likeness (QED) is 0.384. The molecular weight excluding hydrogens is 124 g/mol. The molecule has 8 heavy (non-hydrogen) atoms. The Bertz CT molecular complexity index is 94.0. The van der Waals surface area contributed by atoms with Crippen LogP contribution in [0.15, 0.2) is 0 Å². The molecule has 0 aromatic heterocycles. The summed E-state index contributed by atoms with van der Waals surface area (Å²) < 4.78 is 0. The van der Waals surface area contributed by atoms with Crippen molar-refractivity contribution in [3.8, 4) is 0 Å².